The maximum Gasteiger partial charge on any atom is 0 e. The Morgan fingerprint density at radius 3 is 2.43 bits per heavy atom. The molecule has 1 radical (unpaired) electrons. The Bertz CT molecular complexity index is 283. The second kappa shape index (κ2) is 3.17. The summed E-state index contributed by atoms with van der Waals surface area (Å²) in [6.45, 7) is 4.34. The predicted octanol–water partition coefficient (Wildman–Crippen LogP) is 2.91. The molecule has 4 bridgehead atoms. The van der Waals surface area contributed by atoms with Crippen molar-refractivity contribution < 1.29 is 32.7 Å². The minimum Gasteiger partial charge on any atom is -0.340 e. The van der Waals surface area contributed by atoms with Crippen molar-refractivity contribution in [3.8, 4) is 0 Å². The van der Waals surface area contributed by atoms with Crippen LogP contribution in [-0.2, 0) is 32.7 Å². The maximum absolute atomic E-state index is 4.34. The van der Waals surface area contributed by atoms with Crippen LogP contribution in [0.2, 0.25) is 0 Å². The molecule has 0 aromatic carbocycles. The average Bonchev–Trinajstić information content (AvgIpc) is 2.78. The van der Waals surface area contributed by atoms with Crippen LogP contribution in [-0.4, -0.2) is 0 Å². The van der Waals surface area contributed by atoms with Gasteiger partial charge in [-0.3, -0.25) is 0 Å². The maximum atomic E-state index is 4.34. The van der Waals surface area contributed by atoms with E-state index >= 15 is 0 Å². The van der Waals surface area contributed by atoms with Crippen LogP contribution < -0.4 is 0 Å². The van der Waals surface area contributed by atoms with Gasteiger partial charge >= 0.3 is 0 Å². The van der Waals surface area contributed by atoms with Crippen molar-refractivity contribution in [1.29, 1.82) is 0 Å². The quantitative estimate of drug-likeness (QED) is 0.358. The molecule has 0 nitrogen and oxygen atoms in total. The zero-order chi connectivity index (χ0) is 8.58. The molecule has 0 aromatic heterocycles. The monoisotopic (exact) mass is 262 g/mol. The van der Waals surface area contributed by atoms with Crippen molar-refractivity contribution in [1.82, 2.24) is 0 Å². The first kappa shape index (κ1) is 10.0. The largest absolute Gasteiger partial charge is 0.340 e. The number of hydrogen-bond acceptors (Lipinski definition) is 0. The van der Waals surface area contributed by atoms with Gasteiger partial charge in [0.25, 0.3) is 0 Å². The third kappa shape index (κ3) is 1.03. The topological polar surface area (TPSA) is 0 Å². The van der Waals surface area contributed by atoms with Crippen molar-refractivity contribution in [2.45, 2.75) is 19.3 Å². The Morgan fingerprint density at radius 1 is 0.929 bits per heavy atom. The summed E-state index contributed by atoms with van der Waals surface area (Å²) in [6, 6.07) is 0. The van der Waals surface area contributed by atoms with Crippen LogP contribution in [0.4, 0.5) is 0 Å². The summed E-state index contributed by atoms with van der Waals surface area (Å²) in [5, 5.41) is 0. The Morgan fingerprint density at radius 2 is 1.64 bits per heavy atom. The molecule has 4 aliphatic rings. The van der Waals surface area contributed by atoms with Gasteiger partial charge in [0.05, 0.1) is 0 Å². The van der Waals surface area contributed by atoms with E-state index in [2.05, 4.69) is 19.1 Å². The molecular weight excluding hydrogens is 245 g/mol. The molecule has 7 atom stereocenters. The Kier molecular flexibility index (Phi) is 2.27. The minimum atomic E-state index is 0. The van der Waals surface area contributed by atoms with Gasteiger partial charge in [0.1, 0.15) is 0 Å². The normalized spacial score (nSPS) is 61.6. The third-order valence-corrected chi connectivity index (χ3v) is 5.41. The molecule has 0 aromatic rings. The van der Waals surface area contributed by atoms with E-state index in [-0.39, 0.29) is 32.7 Å². The van der Waals surface area contributed by atoms with E-state index in [1.54, 1.807) is 0 Å². The van der Waals surface area contributed by atoms with Gasteiger partial charge in [-0.15, -0.1) is 0 Å². The Balaban J connectivity index is 0.000000640. The zero-order valence-corrected chi connectivity index (χ0v) is 11.4. The van der Waals surface area contributed by atoms with Gasteiger partial charge in [-0.2, -0.15) is 5.92 Å². The summed E-state index contributed by atoms with van der Waals surface area (Å²) in [5.74, 6) is 6.99. The first-order valence-corrected chi connectivity index (χ1v) is 5.86. The summed E-state index contributed by atoms with van der Waals surface area (Å²) in [5.41, 5.74) is 0. The number of hydrogen-bond donors (Lipinski definition) is 0. The molecule has 4 rings (SSSR count). The molecular formula is C13H17Y-. The van der Waals surface area contributed by atoms with Crippen molar-refractivity contribution in [2.24, 2.45) is 41.4 Å². The average molecular weight is 262 g/mol. The Hall–Kier alpha value is 0.844. The first-order valence-electron chi connectivity index (χ1n) is 5.86. The van der Waals surface area contributed by atoms with Crippen LogP contribution in [0.25, 0.3) is 0 Å². The van der Waals surface area contributed by atoms with Gasteiger partial charge < -0.3 is 6.92 Å². The minimum absolute atomic E-state index is 0. The third-order valence-electron chi connectivity index (χ3n) is 5.41. The fourth-order valence-corrected chi connectivity index (χ4v) is 5.15. The van der Waals surface area contributed by atoms with E-state index in [4.69, 9.17) is 0 Å². The van der Waals surface area contributed by atoms with Crippen LogP contribution in [0, 0.1) is 48.3 Å². The van der Waals surface area contributed by atoms with Gasteiger partial charge in [-0.1, -0.05) is 24.5 Å². The smallest absolute Gasteiger partial charge is 0 e. The Labute approximate surface area is 112 Å². The number of rotatable bonds is 0. The summed E-state index contributed by atoms with van der Waals surface area (Å²) in [4.78, 5) is 0. The summed E-state index contributed by atoms with van der Waals surface area (Å²) < 4.78 is 0. The molecule has 7 unspecified atom stereocenters. The van der Waals surface area contributed by atoms with Crippen molar-refractivity contribution >= 4 is 0 Å². The van der Waals surface area contributed by atoms with Crippen molar-refractivity contribution in [3.05, 3.63) is 19.1 Å². The SMILES string of the molecule is [CH2-]C1CC2CC1C1C3C=CC(C3)C21.[Y]. The molecule has 4 aliphatic carbocycles. The molecule has 0 amide bonds. The van der Waals surface area contributed by atoms with Gasteiger partial charge in [0.2, 0.25) is 0 Å². The van der Waals surface area contributed by atoms with E-state index in [1.165, 1.54) is 19.3 Å². The number of fused-ring (bicyclic) bond motifs is 9. The van der Waals surface area contributed by atoms with Crippen LogP contribution in [0.3, 0.4) is 0 Å². The van der Waals surface area contributed by atoms with Crippen molar-refractivity contribution in [2.75, 3.05) is 0 Å². The van der Waals surface area contributed by atoms with Crippen LogP contribution in [0.15, 0.2) is 12.2 Å². The molecule has 0 N–H and O–H groups in total. The van der Waals surface area contributed by atoms with E-state index in [1.807, 2.05) is 0 Å². The second-order valence-corrected chi connectivity index (χ2v) is 5.76. The standard InChI is InChI=1S/C13H17.Y/c1-7-4-10-6-11(7)13-9-3-2-8(5-9)12(10)13;/h2-3,7-13H,1,4-6H2;/q-1;. The van der Waals surface area contributed by atoms with Gasteiger partial charge in [-0.25, -0.2) is 0 Å². The fraction of sp³-hybridized carbons (Fsp3) is 0.769. The van der Waals surface area contributed by atoms with E-state index < -0.39 is 0 Å². The second-order valence-electron chi connectivity index (χ2n) is 5.76. The zero-order valence-electron chi connectivity index (χ0n) is 8.60. The number of allylic oxidation sites excluding steroid dienone is 2. The molecule has 1 heteroatoms. The van der Waals surface area contributed by atoms with E-state index in [0.29, 0.717) is 0 Å². The summed E-state index contributed by atoms with van der Waals surface area (Å²) in [6.07, 6.45) is 9.50. The molecule has 3 fully saturated rings. The van der Waals surface area contributed by atoms with E-state index in [0.717, 1.165) is 41.4 Å². The van der Waals surface area contributed by atoms with Crippen LogP contribution in [0.5, 0.6) is 0 Å². The molecule has 14 heavy (non-hydrogen) atoms. The van der Waals surface area contributed by atoms with Crippen molar-refractivity contribution in [3.63, 3.8) is 0 Å². The van der Waals surface area contributed by atoms with Crippen LogP contribution in [0.1, 0.15) is 19.3 Å². The summed E-state index contributed by atoms with van der Waals surface area (Å²) >= 11 is 0. The summed E-state index contributed by atoms with van der Waals surface area (Å²) in [7, 11) is 0. The molecule has 0 aliphatic heterocycles. The molecule has 0 spiro atoms. The van der Waals surface area contributed by atoms with Gasteiger partial charge in [0, 0.05) is 32.7 Å². The predicted molar refractivity (Wildman–Crippen MR) is 52.8 cm³/mol. The van der Waals surface area contributed by atoms with Crippen LogP contribution >= 0.6 is 0 Å². The van der Waals surface area contributed by atoms with E-state index in [9.17, 15) is 0 Å². The van der Waals surface area contributed by atoms with Gasteiger partial charge in [0.15, 0.2) is 0 Å². The molecule has 0 heterocycles. The molecule has 0 saturated heterocycles. The molecule has 3 saturated carbocycles. The molecule has 73 valence electrons. The van der Waals surface area contributed by atoms with Gasteiger partial charge in [-0.05, 0) is 42.4 Å². The fourth-order valence-electron chi connectivity index (χ4n) is 5.15. The first-order chi connectivity index (χ1) is 6.34.